The van der Waals surface area contributed by atoms with E-state index in [4.69, 9.17) is 5.73 Å². The molecule has 1 saturated carbocycles. The van der Waals surface area contributed by atoms with Gasteiger partial charge in [0.05, 0.1) is 0 Å². The maximum atomic E-state index is 13.1. The molecule has 0 saturated heterocycles. The zero-order chi connectivity index (χ0) is 11.4. The fourth-order valence-electron chi connectivity index (χ4n) is 2.48. The summed E-state index contributed by atoms with van der Waals surface area (Å²) >= 11 is 0. The first-order chi connectivity index (χ1) is 7.74. The molecule has 0 aromatic heterocycles. The summed E-state index contributed by atoms with van der Waals surface area (Å²) in [6.45, 7) is 0.615. The summed E-state index contributed by atoms with van der Waals surface area (Å²) in [5.74, 6) is -0.201. The third-order valence-electron chi connectivity index (χ3n) is 3.44. The van der Waals surface area contributed by atoms with Crippen molar-refractivity contribution in [1.82, 2.24) is 0 Å². The van der Waals surface area contributed by atoms with E-state index in [0.717, 1.165) is 18.5 Å². The summed E-state index contributed by atoms with van der Waals surface area (Å²) in [7, 11) is 0. The average molecular weight is 222 g/mol. The van der Waals surface area contributed by atoms with E-state index in [1.54, 1.807) is 6.07 Å². The highest BCUT2D eigenvalue weighted by atomic mass is 19.1. The van der Waals surface area contributed by atoms with Crippen molar-refractivity contribution in [3.05, 3.63) is 30.1 Å². The minimum Gasteiger partial charge on any atom is -0.378 e. The van der Waals surface area contributed by atoms with Crippen LogP contribution < -0.4 is 11.1 Å². The lowest BCUT2D eigenvalue weighted by molar-refractivity contribution is 0.331. The topological polar surface area (TPSA) is 38.0 Å². The van der Waals surface area contributed by atoms with E-state index < -0.39 is 0 Å². The molecular formula is C13H19FN2. The Labute approximate surface area is 96.0 Å². The number of anilines is 1. The molecule has 3 heteroatoms. The Kier molecular flexibility index (Phi) is 3.44. The molecule has 0 spiro atoms. The second-order valence-corrected chi connectivity index (χ2v) is 4.68. The van der Waals surface area contributed by atoms with Crippen molar-refractivity contribution in [3.63, 3.8) is 0 Å². The van der Waals surface area contributed by atoms with Gasteiger partial charge in [-0.05, 0) is 31.0 Å². The number of hydrogen-bond donors (Lipinski definition) is 2. The van der Waals surface area contributed by atoms with Crippen LogP contribution in [0.5, 0.6) is 0 Å². The molecule has 16 heavy (non-hydrogen) atoms. The summed E-state index contributed by atoms with van der Waals surface area (Å²) in [6.07, 6.45) is 5.87. The van der Waals surface area contributed by atoms with Crippen LogP contribution in [0.15, 0.2) is 24.3 Å². The minimum absolute atomic E-state index is 0.0218. The molecule has 2 rings (SSSR count). The van der Waals surface area contributed by atoms with Crippen molar-refractivity contribution in [2.24, 2.45) is 5.73 Å². The average Bonchev–Trinajstić information content (AvgIpc) is 2.30. The summed E-state index contributed by atoms with van der Waals surface area (Å²) in [6, 6.07) is 6.62. The van der Waals surface area contributed by atoms with Gasteiger partial charge >= 0.3 is 0 Å². The number of rotatable bonds is 3. The molecule has 1 aliphatic carbocycles. The SMILES string of the molecule is NCC1(Nc2cccc(F)c2)CCCCC1. The van der Waals surface area contributed by atoms with Crippen molar-refractivity contribution in [2.45, 2.75) is 37.6 Å². The first-order valence-corrected chi connectivity index (χ1v) is 5.98. The van der Waals surface area contributed by atoms with Gasteiger partial charge in [0, 0.05) is 17.8 Å². The van der Waals surface area contributed by atoms with Crippen molar-refractivity contribution < 1.29 is 4.39 Å². The molecule has 0 heterocycles. The maximum Gasteiger partial charge on any atom is 0.125 e. The van der Waals surface area contributed by atoms with Crippen molar-refractivity contribution in [2.75, 3.05) is 11.9 Å². The van der Waals surface area contributed by atoms with Crippen molar-refractivity contribution in [1.29, 1.82) is 0 Å². The highest BCUT2D eigenvalue weighted by Crippen LogP contribution is 2.30. The Morgan fingerprint density at radius 2 is 2.00 bits per heavy atom. The fraction of sp³-hybridized carbons (Fsp3) is 0.538. The van der Waals surface area contributed by atoms with E-state index in [1.165, 1.54) is 31.4 Å². The molecular weight excluding hydrogens is 203 g/mol. The Morgan fingerprint density at radius 3 is 2.62 bits per heavy atom. The van der Waals surface area contributed by atoms with E-state index in [9.17, 15) is 4.39 Å². The molecule has 0 bridgehead atoms. The van der Waals surface area contributed by atoms with Gasteiger partial charge in [0.2, 0.25) is 0 Å². The Balaban J connectivity index is 2.11. The summed E-state index contributed by atoms with van der Waals surface area (Å²) in [5.41, 5.74) is 6.69. The summed E-state index contributed by atoms with van der Waals surface area (Å²) in [4.78, 5) is 0. The smallest absolute Gasteiger partial charge is 0.125 e. The lowest BCUT2D eigenvalue weighted by Crippen LogP contribution is -2.46. The van der Waals surface area contributed by atoms with Crippen LogP contribution in [-0.2, 0) is 0 Å². The van der Waals surface area contributed by atoms with E-state index in [-0.39, 0.29) is 11.4 Å². The molecule has 88 valence electrons. The van der Waals surface area contributed by atoms with Crippen LogP contribution in [0.3, 0.4) is 0 Å². The molecule has 1 aromatic carbocycles. The summed E-state index contributed by atoms with van der Waals surface area (Å²) < 4.78 is 13.1. The Morgan fingerprint density at radius 1 is 1.25 bits per heavy atom. The number of nitrogens with one attached hydrogen (secondary N) is 1. The minimum atomic E-state index is -0.201. The summed E-state index contributed by atoms with van der Waals surface area (Å²) in [5, 5.41) is 3.42. The van der Waals surface area contributed by atoms with Gasteiger partial charge in [-0.2, -0.15) is 0 Å². The van der Waals surface area contributed by atoms with Gasteiger partial charge in [-0.1, -0.05) is 25.3 Å². The highest BCUT2D eigenvalue weighted by Gasteiger charge is 2.30. The first kappa shape index (κ1) is 11.4. The van der Waals surface area contributed by atoms with Crippen LogP contribution in [0.2, 0.25) is 0 Å². The normalized spacial score (nSPS) is 19.4. The van der Waals surface area contributed by atoms with Gasteiger partial charge < -0.3 is 11.1 Å². The van der Waals surface area contributed by atoms with Crippen LogP contribution >= 0.6 is 0 Å². The second kappa shape index (κ2) is 4.83. The molecule has 0 amide bonds. The number of nitrogens with two attached hydrogens (primary N) is 1. The van der Waals surface area contributed by atoms with Gasteiger partial charge in [0.25, 0.3) is 0 Å². The monoisotopic (exact) mass is 222 g/mol. The van der Waals surface area contributed by atoms with Gasteiger partial charge in [-0.3, -0.25) is 0 Å². The van der Waals surface area contributed by atoms with Crippen molar-refractivity contribution >= 4 is 5.69 Å². The quantitative estimate of drug-likeness (QED) is 0.825. The third-order valence-corrected chi connectivity index (χ3v) is 3.44. The predicted molar refractivity (Wildman–Crippen MR) is 64.9 cm³/mol. The largest absolute Gasteiger partial charge is 0.378 e. The second-order valence-electron chi connectivity index (χ2n) is 4.68. The van der Waals surface area contributed by atoms with Crippen LogP contribution in [0.25, 0.3) is 0 Å². The van der Waals surface area contributed by atoms with Crippen molar-refractivity contribution in [3.8, 4) is 0 Å². The Bertz CT molecular complexity index is 346. The zero-order valence-corrected chi connectivity index (χ0v) is 9.51. The van der Waals surface area contributed by atoms with Gasteiger partial charge in [0.1, 0.15) is 5.82 Å². The Hall–Kier alpha value is -1.09. The third kappa shape index (κ3) is 2.53. The van der Waals surface area contributed by atoms with E-state index in [2.05, 4.69) is 5.32 Å². The molecule has 1 fully saturated rings. The lowest BCUT2D eigenvalue weighted by Gasteiger charge is -2.38. The van der Waals surface area contributed by atoms with Gasteiger partial charge in [-0.15, -0.1) is 0 Å². The number of halogens is 1. The van der Waals surface area contributed by atoms with Crippen LogP contribution in [0.4, 0.5) is 10.1 Å². The first-order valence-electron chi connectivity index (χ1n) is 5.98. The van der Waals surface area contributed by atoms with Crippen LogP contribution in [0.1, 0.15) is 32.1 Å². The van der Waals surface area contributed by atoms with Crippen LogP contribution in [0, 0.1) is 5.82 Å². The molecule has 0 atom stereocenters. The molecule has 0 unspecified atom stereocenters. The number of hydrogen-bond acceptors (Lipinski definition) is 2. The standard InChI is InChI=1S/C13H19FN2/c14-11-5-4-6-12(9-11)16-13(10-15)7-2-1-3-8-13/h4-6,9,16H,1-3,7-8,10,15H2. The van der Waals surface area contributed by atoms with Gasteiger partial charge in [-0.25, -0.2) is 4.39 Å². The maximum absolute atomic E-state index is 13.1. The van der Waals surface area contributed by atoms with E-state index in [1.807, 2.05) is 6.07 Å². The molecule has 3 N–H and O–H groups in total. The molecule has 0 radical (unpaired) electrons. The lowest BCUT2D eigenvalue weighted by atomic mass is 9.81. The highest BCUT2D eigenvalue weighted by molar-refractivity contribution is 5.46. The predicted octanol–water partition coefficient (Wildman–Crippen LogP) is 2.90. The van der Waals surface area contributed by atoms with Crippen LogP contribution in [-0.4, -0.2) is 12.1 Å². The van der Waals surface area contributed by atoms with E-state index >= 15 is 0 Å². The van der Waals surface area contributed by atoms with Gasteiger partial charge in [0.15, 0.2) is 0 Å². The molecule has 1 aliphatic rings. The molecule has 1 aromatic rings. The van der Waals surface area contributed by atoms with E-state index in [0.29, 0.717) is 6.54 Å². The molecule has 0 aliphatic heterocycles. The number of benzene rings is 1. The fourth-order valence-corrected chi connectivity index (χ4v) is 2.48. The molecule has 2 nitrogen and oxygen atoms in total. The zero-order valence-electron chi connectivity index (χ0n) is 9.51.